The van der Waals surface area contributed by atoms with E-state index in [1.807, 2.05) is 4.57 Å². The van der Waals surface area contributed by atoms with E-state index in [0.717, 1.165) is 18.8 Å². The summed E-state index contributed by atoms with van der Waals surface area (Å²) in [7, 11) is -1.77. The standard InChI is InChI=1S/C18H17FN4O2S.C8H6Cl2O3.C5H12NO4P/c1-4-5-22-13-7-12(11(19)6-14(13)25-9-16(22)24)20-17-23-10-18(2,3)8-15(23)21-26-17;1-13-7-5(10)3-2-4(9)6(7)8(11)12;1-11(9,10)3-2-4(6)5(7)8/h1,6-7H,5,8-10H2,2-3H3;2-3H,1H3,(H,11,12);4H,2-3,6H2,1H3,(H,7,8)(H,9,10). The van der Waals surface area contributed by atoms with Gasteiger partial charge in [-0.15, -0.1) is 6.42 Å². The maximum atomic E-state index is 14.5. The SMILES string of the molecule is C#CCN1C(=O)COc2cc(F)c(N=c3snc4n3CC(C)(C)C4)cc21.COc1c(Cl)ccc(Cl)c1C(=O)O.CP(=O)(O)CCC(N)C(=O)O. The van der Waals surface area contributed by atoms with Crippen molar-refractivity contribution in [3.63, 3.8) is 0 Å². The monoisotopic (exact) mass is 773 g/mol. The molecule has 0 radical (unpaired) electrons. The number of carbonyl (C=O) groups excluding carboxylic acids is 1. The number of benzene rings is 2. The molecule has 3 heterocycles. The first-order valence-electron chi connectivity index (χ1n) is 14.6. The molecule has 0 bridgehead atoms. The average molecular weight is 775 g/mol. The van der Waals surface area contributed by atoms with E-state index in [1.54, 1.807) is 0 Å². The van der Waals surface area contributed by atoms with E-state index in [2.05, 4.69) is 29.1 Å². The average Bonchev–Trinajstić information content (AvgIpc) is 3.53. The number of ether oxygens (including phenoxy) is 2. The molecule has 270 valence electrons. The smallest absolute Gasteiger partial charge is 0.341 e. The van der Waals surface area contributed by atoms with Crippen LogP contribution in [0, 0.1) is 23.6 Å². The van der Waals surface area contributed by atoms with Crippen molar-refractivity contribution >= 4 is 71.3 Å². The number of carboxylic acid groups (broad SMARTS) is 2. The summed E-state index contributed by atoms with van der Waals surface area (Å²) < 4.78 is 41.8. The molecule has 0 spiro atoms. The van der Waals surface area contributed by atoms with Crippen LogP contribution < -0.4 is 24.9 Å². The zero-order valence-electron chi connectivity index (χ0n) is 27.4. The van der Waals surface area contributed by atoms with E-state index in [0.29, 0.717) is 16.2 Å². The van der Waals surface area contributed by atoms with Crippen LogP contribution in [0.1, 0.15) is 36.5 Å². The van der Waals surface area contributed by atoms with E-state index in [1.165, 1.54) is 54.5 Å². The lowest BCUT2D eigenvalue weighted by atomic mass is 9.92. The molecule has 50 heavy (non-hydrogen) atoms. The van der Waals surface area contributed by atoms with Crippen LogP contribution in [0.5, 0.6) is 11.5 Å². The number of fused-ring (bicyclic) bond motifs is 2. The topological polar surface area (TPSA) is 207 Å². The van der Waals surface area contributed by atoms with Crippen molar-refractivity contribution in [1.29, 1.82) is 0 Å². The van der Waals surface area contributed by atoms with Crippen molar-refractivity contribution in [3.05, 3.63) is 56.3 Å². The van der Waals surface area contributed by atoms with E-state index in [9.17, 15) is 23.3 Å². The molecule has 2 aromatic carbocycles. The molecule has 5 N–H and O–H groups in total. The van der Waals surface area contributed by atoms with Crippen LogP contribution in [0.4, 0.5) is 15.8 Å². The molecule has 0 saturated carbocycles. The Balaban J connectivity index is 0.000000236. The van der Waals surface area contributed by atoms with Crippen LogP contribution in [0.3, 0.4) is 0 Å². The number of nitrogens with zero attached hydrogens (tertiary/aromatic N) is 4. The summed E-state index contributed by atoms with van der Waals surface area (Å²) in [6.07, 6.45) is 6.22. The molecule has 0 aliphatic carbocycles. The number of hydrogen-bond acceptors (Lipinski definition) is 10. The number of carboxylic acids is 2. The van der Waals surface area contributed by atoms with Gasteiger partial charge in [-0.2, -0.15) is 4.37 Å². The van der Waals surface area contributed by atoms with E-state index < -0.39 is 31.2 Å². The molecule has 5 rings (SSSR count). The first-order chi connectivity index (χ1) is 23.3. The molecule has 0 fully saturated rings. The van der Waals surface area contributed by atoms with Crippen molar-refractivity contribution < 1.29 is 47.9 Å². The third-order valence-electron chi connectivity index (χ3n) is 7.08. The Morgan fingerprint density at radius 1 is 1.30 bits per heavy atom. The lowest BCUT2D eigenvalue weighted by Crippen LogP contribution is -2.39. The molecule has 2 unspecified atom stereocenters. The molecule has 2 aliphatic rings. The molecule has 1 aromatic heterocycles. The number of terminal acetylenes is 1. The Hall–Kier alpha value is -3.97. The van der Waals surface area contributed by atoms with Crippen molar-refractivity contribution in [1.82, 2.24) is 8.94 Å². The third-order valence-corrected chi connectivity index (χ3v) is 9.56. The third kappa shape index (κ3) is 10.5. The highest BCUT2D eigenvalue weighted by Gasteiger charge is 2.31. The van der Waals surface area contributed by atoms with Gasteiger partial charge in [-0.05, 0) is 30.0 Å². The van der Waals surface area contributed by atoms with Crippen molar-refractivity contribution in [2.45, 2.75) is 39.3 Å². The first kappa shape index (κ1) is 40.5. The van der Waals surface area contributed by atoms with Gasteiger partial charge in [-0.25, -0.2) is 14.2 Å². The number of hydrogen-bond donors (Lipinski definition) is 4. The highest BCUT2D eigenvalue weighted by atomic mass is 35.5. The molecular formula is C31H35Cl2FN5O9PS. The fraction of sp³-hybridized carbons (Fsp3) is 0.387. The number of amides is 1. The Kier molecular flexibility index (Phi) is 13.6. The number of methoxy groups -OCH3 is 1. The predicted octanol–water partition coefficient (Wildman–Crippen LogP) is 4.65. The molecule has 0 saturated heterocycles. The lowest BCUT2D eigenvalue weighted by molar-refractivity contribution is -0.138. The summed E-state index contributed by atoms with van der Waals surface area (Å²) in [5.41, 5.74) is 5.66. The second kappa shape index (κ2) is 16.8. The number of aliphatic carboxylic acids is 1. The lowest BCUT2D eigenvalue weighted by Gasteiger charge is -2.28. The summed E-state index contributed by atoms with van der Waals surface area (Å²) in [6, 6.07) is 4.62. The highest BCUT2D eigenvalue weighted by Crippen LogP contribution is 2.38. The maximum absolute atomic E-state index is 14.5. The van der Waals surface area contributed by atoms with Gasteiger partial charge in [0.25, 0.3) is 5.91 Å². The van der Waals surface area contributed by atoms with Crippen LogP contribution in [-0.4, -0.2) is 81.0 Å². The van der Waals surface area contributed by atoms with Gasteiger partial charge in [0.1, 0.15) is 28.9 Å². The zero-order valence-corrected chi connectivity index (χ0v) is 30.6. The Morgan fingerprint density at radius 3 is 2.52 bits per heavy atom. The number of anilines is 1. The minimum Gasteiger partial charge on any atom is -0.494 e. The Bertz CT molecular complexity index is 1940. The summed E-state index contributed by atoms with van der Waals surface area (Å²) in [4.78, 5) is 48.2. The van der Waals surface area contributed by atoms with E-state index >= 15 is 0 Å². The van der Waals surface area contributed by atoms with Crippen LogP contribution in [0.15, 0.2) is 29.3 Å². The molecule has 2 aliphatic heterocycles. The zero-order chi connectivity index (χ0) is 37.6. The van der Waals surface area contributed by atoms with Gasteiger partial charge in [-0.1, -0.05) is 43.0 Å². The molecule has 2 atom stereocenters. The normalized spacial score (nSPS) is 16.2. The summed E-state index contributed by atoms with van der Waals surface area (Å²) in [6.45, 7) is 6.24. The second-order valence-corrected chi connectivity index (χ2v) is 16.0. The number of aromatic nitrogens is 2. The maximum Gasteiger partial charge on any atom is 0.341 e. The minimum absolute atomic E-state index is 0.0412. The molecule has 14 nitrogen and oxygen atoms in total. The summed E-state index contributed by atoms with van der Waals surface area (Å²) in [5, 5.41) is 17.4. The van der Waals surface area contributed by atoms with Gasteiger partial charge < -0.3 is 34.9 Å². The molecular weight excluding hydrogens is 739 g/mol. The van der Waals surface area contributed by atoms with Crippen LogP contribution in [0.2, 0.25) is 10.0 Å². The van der Waals surface area contributed by atoms with Crippen LogP contribution >= 0.6 is 42.1 Å². The number of carbonyl (C=O) groups is 3. The Labute approximate surface area is 300 Å². The quantitative estimate of drug-likeness (QED) is 0.183. The van der Waals surface area contributed by atoms with Gasteiger partial charge in [0.15, 0.2) is 25.5 Å². The second-order valence-electron chi connectivity index (χ2n) is 11.9. The summed E-state index contributed by atoms with van der Waals surface area (Å²) >= 11 is 12.6. The van der Waals surface area contributed by atoms with Crippen molar-refractivity contribution in [3.8, 4) is 23.8 Å². The predicted molar refractivity (Wildman–Crippen MR) is 187 cm³/mol. The summed E-state index contributed by atoms with van der Waals surface area (Å²) in [5.74, 6) is 0.704. The fourth-order valence-corrected chi connectivity index (χ4v) is 6.66. The van der Waals surface area contributed by atoms with Crippen molar-refractivity contribution in [2.24, 2.45) is 16.1 Å². The molecule has 1 amide bonds. The van der Waals surface area contributed by atoms with Gasteiger partial charge >= 0.3 is 11.9 Å². The highest BCUT2D eigenvalue weighted by molar-refractivity contribution is 7.57. The minimum atomic E-state index is -3.10. The first-order valence-corrected chi connectivity index (χ1v) is 18.4. The number of aromatic carboxylic acids is 1. The van der Waals surface area contributed by atoms with E-state index in [4.69, 9.17) is 59.9 Å². The molecule has 19 heteroatoms. The largest absolute Gasteiger partial charge is 0.494 e. The molecule has 3 aromatic rings. The van der Waals surface area contributed by atoms with Gasteiger partial charge in [0, 0.05) is 43.4 Å². The number of rotatable bonds is 8. The number of nitrogens with two attached hydrogens (primary N) is 1. The van der Waals surface area contributed by atoms with Crippen LogP contribution in [-0.2, 0) is 27.1 Å². The van der Waals surface area contributed by atoms with Crippen LogP contribution in [0.25, 0.3) is 0 Å². The van der Waals surface area contributed by atoms with Gasteiger partial charge in [0.2, 0.25) is 4.80 Å². The van der Waals surface area contributed by atoms with E-state index in [-0.39, 0.29) is 64.1 Å². The van der Waals surface area contributed by atoms with Crippen molar-refractivity contribution in [2.75, 3.05) is 38.0 Å². The van der Waals surface area contributed by atoms with Gasteiger partial charge in [0.05, 0.1) is 29.4 Å². The Morgan fingerprint density at radius 2 is 1.96 bits per heavy atom. The number of halogens is 3. The fourth-order valence-electron chi connectivity index (χ4n) is 4.68. The van der Waals surface area contributed by atoms with Gasteiger partial charge in [-0.3, -0.25) is 19.1 Å².